The Balaban J connectivity index is 1.67. The van der Waals surface area contributed by atoms with Gasteiger partial charge in [-0.15, -0.1) is 0 Å². The van der Waals surface area contributed by atoms with Crippen molar-refractivity contribution in [2.24, 2.45) is 4.99 Å². The molecule has 1 aromatic heterocycles. The maximum atomic E-state index is 14.0. The van der Waals surface area contributed by atoms with Crippen molar-refractivity contribution < 1.29 is 18.0 Å². The quantitative estimate of drug-likeness (QED) is 0.274. The Morgan fingerprint density at radius 1 is 1.27 bits per heavy atom. The van der Waals surface area contributed by atoms with Gasteiger partial charge in [0, 0.05) is 36.1 Å². The summed E-state index contributed by atoms with van der Waals surface area (Å²) < 4.78 is 43.7. The van der Waals surface area contributed by atoms with Gasteiger partial charge < -0.3 is 15.2 Å². The molecule has 3 rings (SSSR count). The van der Waals surface area contributed by atoms with Gasteiger partial charge >= 0.3 is 6.18 Å². The molecule has 1 aliphatic rings. The van der Waals surface area contributed by atoms with Gasteiger partial charge in [0.15, 0.2) is 0 Å². The van der Waals surface area contributed by atoms with Crippen LogP contribution in [0.2, 0.25) is 5.02 Å². The summed E-state index contributed by atoms with van der Waals surface area (Å²) in [6.07, 6.45) is 0.866. The highest BCUT2D eigenvalue weighted by Gasteiger charge is 2.35. The highest BCUT2D eigenvalue weighted by molar-refractivity contribution is 6.31. The number of amides is 1. The molecule has 10 heteroatoms. The number of aliphatic imine (C=N–C) groups is 1. The van der Waals surface area contributed by atoms with Crippen molar-refractivity contribution in [3.05, 3.63) is 57.7 Å². The van der Waals surface area contributed by atoms with Crippen LogP contribution in [0.1, 0.15) is 57.2 Å². The molecule has 1 aromatic carbocycles. The normalized spacial score (nSPS) is 15.5. The second kappa shape index (κ2) is 12.0. The lowest BCUT2D eigenvalue weighted by Gasteiger charge is -2.17. The van der Waals surface area contributed by atoms with E-state index in [0.717, 1.165) is 42.4 Å². The van der Waals surface area contributed by atoms with Gasteiger partial charge in [-0.3, -0.25) is 9.79 Å². The smallest absolute Gasteiger partial charge is 0.386 e. The Labute approximate surface area is 220 Å². The van der Waals surface area contributed by atoms with Gasteiger partial charge in [-0.05, 0) is 77.7 Å². The fraction of sp³-hybridized carbons (Fsp3) is 0.444. The number of carbonyl (C=O) groups excluding carboxylic acids is 1. The van der Waals surface area contributed by atoms with Gasteiger partial charge in [-0.1, -0.05) is 17.2 Å². The third kappa shape index (κ3) is 7.25. The molecule has 0 radical (unpaired) electrons. The van der Waals surface area contributed by atoms with E-state index in [9.17, 15) is 18.0 Å². The van der Waals surface area contributed by atoms with Gasteiger partial charge in [0.25, 0.3) is 0 Å². The van der Waals surface area contributed by atoms with Crippen molar-refractivity contribution in [1.29, 1.82) is 0 Å². The molecular weight excluding hydrogens is 503 g/mol. The van der Waals surface area contributed by atoms with E-state index in [0.29, 0.717) is 22.1 Å². The van der Waals surface area contributed by atoms with Crippen molar-refractivity contribution in [3.8, 4) is 0 Å². The average molecular weight is 536 g/mol. The number of nitrogens with zero attached hydrogens (tertiary/aromatic N) is 3. The zero-order valence-electron chi connectivity index (χ0n) is 21.8. The van der Waals surface area contributed by atoms with E-state index in [1.807, 2.05) is 0 Å². The van der Waals surface area contributed by atoms with Gasteiger partial charge in [0.1, 0.15) is 5.82 Å². The van der Waals surface area contributed by atoms with Crippen LogP contribution in [-0.4, -0.2) is 40.9 Å². The summed E-state index contributed by atoms with van der Waals surface area (Å²) in [5.74, 6) is 0.286. The second-order valence-corrected chi connectivity index (χ2v) is 9.71. The third-order valence-electron chi connectivity index (χ3n) is 6.27. The molecule has 1 atom stereocenters. The van der Waals surface area contributed by atoms with Crippen molar-refractivity contribution >= 4 is 40.8 Å². The van der Waals surface area contributed by atoms with E-state index in [2.05, 4.69) is 20.6 Å². The number of halogens is 4. The summed E-state index contributed by atoms with van der Waals surface area (Å²) in [7, 11) is 1.77. The molecule has 0 bridgehead atoms. The van der Waals surface area contributed by atoms with Crippen LogP contribution < -0.4 is 10.6 Å². The van der Waals surface area contributed by atoms with Crippen molar-refractivity contribution in [2.45, 2.75) is 72.0 Å². The van der Waals surface area contributed by atoms with E-state index in [-0.39, 0.29) is 30.5 Å². The van der Waals surface area contributed by atoms with Crippen LogP contribution in [0.15, 0.2) is 40.4 Å². The minimum absolute atomic E-state index is 0.0587. The Bertz CT molecular complexity index is 1240. The van der Waals surface area contributed by atoms with Crippen molar-refractivity contribution in [2.75, 3.05) is 12.4 Å². The SMILES string of the molecule is CNc1ccc(Cl)cc1N=CC(C)NC(=O)CC/C(C)=C/C(=C(\C)n1c(C)nc2c1CCC2)C(F)(F)F. The molecule has 0 spiro atoms. The standard InChI is InChI=1S/C27H33ClF3N5O/c1-16(9-12-26(37)34-17(2)15-33-24-14-20(28)10-11-22(24)32-5)13-21(27(29,30)31)18(3)36-19(4)35-23-7-6-8-25(23)36/h10-11,13-15,17,32H,6-9,12H2,1-5H3,(H,34,37)/b16-13+,21-18-,33-15?. The van der Waals surface area contributed by atoms with Crippen LogP contribution in [-0.2, 0) is 17.6 Å². The monoisotopic (exact) mass is 535 g/mol. The summed E-state index contributed by atoms with van der Waals surface area (Å²) in [6, 6.07) is 4.89. The number of aryl methyl sites for hydroxylation is 2. The molecule has 0 fully saturated rings. The number of hydrogen-bond donors (Lipinski definition) is 2. The second-order valence-electron chi connectivity index (χ2n) is 9.27. The fourth-order valence-corrected chi connectivity index (χ4v) is 4.64. The number of anilines is 1. The number of hydrogen-bond acceptors (Lipinski definition) is 4. The van der Waals surface area contributed by atoms with E-state index >= 15 is 0 Å². The minimum Gasteiger partial charge on any atom is -0.386 e. The van der Waals surface area contributed by atoms with Crippen LogP contribution >= 0.6 is 11.6 Å². The third-order valence-corrected chi connectivity index (χ3v) is 6.51. The van der Waals surface area contributed by atoms with Gasteiger partial charge in [-0.2, -0.15) is 13.2 Å². The summed E-state index contributed by atoms with van der Waals surface area (Å²) in [4.78, 5) is 21.3. The molecule has 0 aliphatic heterocycles. The predicted octanol–water partition coefficient (Wildman–Crippen LogP) is 6.80. The number of allylic oxidation sites excluding steroid dienone is 4. The van der Waals surface area contributed by atoms with Crippen LogP contribution in [0.5, 0.6) is 0 Å². The van der Waals surface area contributed by atoms with Gasteiger partial charge in [0.05, 0.1) is 28.7 Å². The highest BCUT2D eigenvalue weighted by atomic mass is 35.5. The van der Waals surface area contributed by atoms with Crippen LogP contribution in [0.25, 0.3) is 5.70 Å². The molecule has 0 saturated heterocycles. The number of rotatable bonds is 9. The molecule has 1 heterocycles. The maximum Gasteiger partial charge on any atom is 0.418 e. The Morgan fingerprint density at radius 3 is 2.68 bits per heavy atom. The van der Waals surface area contributed by atoms with Crippen molar-refractivity contribution in [1.82, 2.24) is 14.9 Å². The highest BCUT2D eigenvalue weighted by Crippen LogP contribution is 2.35. The Morgan fingerprint density at radius 2 is 2.00 bits per heavy atom. The molecule has 2 N–H and O–H groups in total. The molecule has 37 heavy (non-hydrogen) atoms. The molecule has 1 aliphatic carbocycles. The average Bonchev–Trinajstić information content (AvgIpc) is 3.38. The van der Waals surface area contributed by atoms with Crippen LogP contribution in [0, 0.1) is 6.92 Å². The zero-order chi connectivity index (χ0) is 27.3. The molecule has 2 aromatic rings. The number of aromatic nitrogens is 2. The lowest BCUT2D eigenvalue weighted by Crippen LogP contribution is -2.33. The van der Waals surface area contributed by atoms with E-state index in [4.69, 9.17) is 11.6 Å². The fourth-order valence-electron chi connectivity index (χ4n) is 4.48. The molecule has 6 nitrogen and oxygen atoms in total. The first-order valence-electron chi connectivity index (χ1n) is 12.2. The predicted molar refractivity (Wildman–Crippen MR) is 144 cm³/mol. The number of alkyl halides is 3. The molecule has 0 saturated carbocycles. The number of fused-ring (bicyclic) bond motifs is 1. The summed E-state index contributed by atoms with van der Waals surface area (Å²) in [5.41, 5.74) is 3.02. The lowest BCUT2D eigenvalue weighted by atomic mass is 10.1. The first kappa shape index (κ1) is 28.5. The Hall–Kier alpha value is -3.07. The van der Waals surface area contributed by atoms with Gasteiger partial charge in [0.2, 0.25) is 5.91 Å². The zero-order valence-corrected chi connectivity index (χ0v) is 22.5. The van der Waals surface area contributed by atoms with E-state index in [1.54, 1.807) is 56.8 Å². The largest absolute Gasteiger partial charge is 0.418 e. The van der Waals surface area contributed by atoms with E-state index in [1.165, 1.54) is 6.92 Å². The first-order valence-corrected chi connectivity index (χ1v) is 12.6. The maximum absolute atomic E-state index is 14.0. The Kier molecular flexibility index (Phi) is 9.23. The number of benzene rings is 1. The van der Waals surface area contributed by atoms with Crippen LogP contribution in [0.4, 0.5) is 24.5 Å². The van der Waals surface area contributed by atoms with E-state index < -0.39 is 11.7 Å². The first-order chi connectivity index (χ1) is 17.4. The lowest BCUT2D eigenvalue weighted by molar-refractivity contribution is -0.121. The summed E-state index contributed by atoms with van der Waals surface area (Å²) in [5, 5.41) is 6.37. The summed E-state index contributed by atoms with van der Waals surface area (Å²) in [6.45, 7) is 6.59. The molecule has 1 amide bonds. The topological polar surface area (TPSA) is 71.3 Å². The summed E-state index contributed by atoms with van der Waals surface area (Å²) >= 11 is 6.03. The molecule has 200 valence electrons. The number of imidazole rings is 1. The van der Waals surface area contributed by atoms with Crippen molar-refractivity contribution in [3.63, 3.8) is 0 Å². The molecule has 1 unspecified atom stereocenters. The van der Waals surface area contributed by atoms with Gasteiger partial charge in [-0.25, -0.2) is 4.98 Å². The number of nitrogens with one attached hydrogen (secondary N) is 2. The minimum atomic E-state index is -4.53. The molecular formula is C27H33ClF3N5O. The number of carbonyl (C=O) groups is 1. The van der Waals surface area contributed by atoms with Crippen LogP contribution in [0.3, 0.4) is 0 Å².